The molecule has 0 aliphatic carbocycles. The standard InChI is InChI=1S/C27H28N4O3S/c1-16(2)23-21-10-5-6-11-22(21)31(15-19-12-13-35-24(19)18(4)32)26(33)25(29-23)30-27(34)28-20-9-7-8-17(3)14-20/h5-14,16,25H,15H2,1-4H3,(H2,28,30,34). The summed E-state index contributed by atoms with van der Waals surface area (Å²) in [5.41, 5.74) is 4.66. The summed E-state index contributed by atoms with van der Waals surface area (Å²) in [4.78, 5) is 45.8. The Morgan fingerprint density at radius 2 is 1.89 bits per heavy atom. The molecule has 7 nitrogen and oxygen atoms in total. The number of carbonyl (C=O) groups excluding carboxylic acids is 3. The average Bonchev–Trinajstić information content (AvgIpc) is 3.24. The summed E-state index contributed by atoms with van der Waals surface area (Å²) in [5, 5.41) is 7.39. The first-order valence-corrected chi connectivity index (χ1v) is 12.3. The molecule has 2 heterocycles. The minimum absolute atomic E-state index is 0.0157. The van der Waals surface area contributed by atoms with Gasteiger partial charge in [0.15, 0.2) is 5.78 Å². The quantitative estimate of drug-likeness (QED) is 0.455. The number of amides is 3. The number of ketones is 1. The number of benzodiazepines with no additional fused rings is 1. The van der Waals surface area contributed by atoms with Crippen LogP contribution in [0.1, 0.15) is 47.1 Å². The second kappa shape index (κ2) is 10.2. The minimum Gasteiger partial charge on any atom is -0.308 e. The van der Waals surface area contributed by atoms with E-state index in [2.05, 4.69) is 10.6 Å². The molecule has 1 aromatic heterocycles. The SMILES string of the molecule is CC(=O)c1sccc1CN1C(=O)C(NC(=O)Nc2cccc(C)c2)N=C(C(C)C)c2ccccc21. The number of fused-ring (bicyclic) bond motifs is 1. The molecule has 4 rings (SSSR count). The molecule has 0 fully saturated rings. The van der Waals surface area contributed by atoms with Gasteiger partial charge in [-0.2, -0.15) is 0 Å². The number of thiophene rings is 1. The van der Waals surface area contributed by atoms with Gasteiger partial charge in [0.05, 0.1) is 17.1 Å². The van der Waals surface area contributed by atoms with Crippen LogP contribution in [0.3, 0.4) is 0 Å². The molecule has 2 N–H and O–H groups in total. The van der Waals surface area contributed by atoms with E-state index >= 15 is 0 Å². The molecule has 2 aromatic carbocycles. The third-order valence-corrected chi connectivity index (χ3v) is 6.78. The number of aliphatic imine (C=N–C) groups is 1. The summed E-state index contributed by atoms with van der Waals surface area (Å²) in [6.07, 6.45) is -1.12. The number of hydrogen-bond acceptors (Lipinski definition) is 5. The number of rotatable bonds is 6. The molecule has 0 radical (unpaired) electrons. The highest BCUT2D eigenvalue weighted by molar-refractivity contribution is 7.12. The number of benzene rings is 2. The summed E-state index contributed by atoms with van der Waals surface area (Å²) in [6, 6.07) is 16.3. The Balaban J connectivity index is 1.70. The fourth-order valence-corrected chi connectivity index (χ4v) is 4.94. The highest BCUT2D eigenvalue weighted by Gasteiger charge is 2.34. The molecule has 0 spiro atoms. The second-order valence-corrected chi connectivity index (χ2v) is 9.73. The minimum atomic E-state index is -1.12. The smallest absolute Gasteiger partial charge is 0.308 e. The second-order valence-electron chi connectivity index (χ2n) is 8.81. The zero-order chi connectivity index (χ0) is 25.1. The van der Waals surface area contributed by atoms with E-state index in [9.17, 15) is 14.4 Å². The molecule has 0 saturated heterocycles. The number of aryl methyl sites for hydroxylation is 1. The third-order valence-electron chi connectivity index (χ3n) is 5.72. The lowest BCUT2D eigenvalue weighted by Gasteiger charge is -2.25. The molecule has 3 amide bonds. The summed E-state index contributed by atoms with van der Waals surface area (Å²) in [5.74, 6) is -0.396. The Morgan fingerprint density at radius 1 is 1.11 bits per heavy atom. The van der Waals surface area contributed by atoms with Gasteiger partial charge < -0.3 is 15.5 Å². The van der Waals surface area contributed by atoms with Crippen LogP contribution in [-0.4, -0.2) is 29.6 Å². The highest BCUT2D eigenvalue weighted by Crippen LogP contribution is 2.31. The Bertz CT molecular complexity index is 1310. The molecule has 1 unspecified atom stereocenters. The molecule has 8 heteroatoms. The highest BCUT2D eigenvalue weighted by atomic mass is 32.1. The van der Waals surface area contributed by atoms with E-state index in [0.29, 0.717) is 16.3 Å². The molecule has 1 atom stereocenters. The fraction of sp³-hybridized carbons (Fsp3) is 0.259. The van der Waals surface area contributed by atoms with Crippen LogP contribution in [0.5, 0.6) is 0 Å². The summed E-state index contributed by atoms with van der Waals surface area (Å²) < 4.78 is 0. The molecule has 1 aliphatic heterocycles. The molecule has 35 heavy (non-hydrogen) atoms. The first kappa shape index (κ1) is 24.3. The van der Waals surface area contributed by atoms with Crippen molar-refractivity contribution in [1.29, 1.82) is 0 Å². The molecule has 180 valence electrons. The van der Waals surface area contributed by atoms with Crippen molar-refractivity contribution in [3.63, 3.8) is 0 Å². The van der Waals surface area contributed by atoms with Crippen molar-refractivity contribution in [3.8, 4) is 0 Å². The number of urea groups is 1. The Morgan fingerprint density at radius 3 is 2.60 bits per heavy atom. The Hall–Kier alpha value is -3.78. The van der Waals surface area contributed by atoms with Crippen LogP contribution in [0.25, 0.3) is 0 Å². The predicted molar refractivity (Wildman–Crippen MR) is 140 cm³/mol. The first-order valence-electron chi connectivity index (χ1n) is 11.4. The van der Waals surface area contributed by atoms with Crippen LogP contribution >= 0.6 is 11.3 Å². The average molecular weight is 489 g/mol. The largest absolute Gasteiger partial charge is 0.321 e. The Kier molecular flexibility index (Phi) is 7.12. The topological polar surface area (TPSA) is 90.9 Å². The summed E-state index contributed by atoms with van der Waals surface area (Å²) in [6.45, 7) is 7.67. The normalized spacial score (nSPS) is 15.3. The van der Waals surface area contributed by atoms with Crippen LogP contribution in [-0.2, 0) is 11.3 Å². The molecular weight excluding hydrogens is 460 g/mol. The summed E-state index contributed by atoms with van der Waals surface area (Å²) in [7, 11) is 0. The van der Waals surface area contributed by atoms with Crippen LogP contribution in [0, 0.1) is 12.8 Å². The van der Waals surface area contributed by atoms with Gasteiger partial charge in [0.2, 0.25) is 6.17 Å². The fourth-order valence-electron chi connectivity index (χ4n) is 4.13. The van der Waals surface area contributed by atoms with Gasteiger partial charge in [0.1, 0.15) is 0 Å². The Labute approximate surface area is 208 Å². The van der Waals surface area contributed by atoms with Crippen LogP contribution in [0.4, 0.5) is 16.2 Å². The number of anilines is 2. The number of nitrogens with zero attached hydrogens (tertiary/aromatic N) is 2. The molecule has 0 bridgehead atoms. The third kappa shape index (κ3) is 5.33. The van der Waals surface area contributed by atoms with Gasteiger partial charge >= 0.3 is 6.03 Å². The van der Waals surface area contributed by atoms with E-state index in [1.54, 1.807) is 11.0 Å². The zero-order valence-corrected chi connectivity index (χ0v) is 21.0. The number of hydrogen-bond donors (Lipinski definition) is 2. The lowest BCUT2D eigenvalue weighted by Crippen LogP contribution is -2.48. The van der Waals surface area contributed by atoms with Gasteiger partial charge in [-0.25, -0.2) is 4.79 Å². The van der Waals surface area contributed by atoms with Crippen molar-refractivity contribution in [2.45, 2.75) is 40.4 Å². The number of Topliss-reactive ketones (excluding diaryl/α,β-unsaturated/α-hetero) is 1. The lowest BCUT2D eigenvalue weighted by atomic mass is 9.98. The maximum absolute atomic E-state index is 13.8. The van der Waals surface area contributed by atoms with Crippen molar-refractivity contribution in [1.82, 2.24) is 5.32 Å². The molecule has 1 aliphatic rings. The van der Waals surface area contributed by atoms with Gasteiger partial charge in [-0.1, -0.05) is 44.2 Å². The van der Waals surface area contributed by atoms with E-state index in [1.165, 1.54) is 18.3 Å². The van der Waals surface area contributed by atoms with E-state index in [0.717, 1.165) is 22.4 Å². The van der Waals surface area contributed by atoms with E-state index in [4.69, 9.17) is 4.99 Å². The molecule has 0 saturated carbocycles. The van der Waals surface area contributed by atoms with Gasteiger partial charge in [-0.05, 0) is 60.5 Å². The van der Waals surface area contributed by atoms with Crippen molar-refractivity contribution in [2.24, 2.45) is 10.9 Å². The van der Waals surface area contributed by atoms with Crippen LogP contribution in [0.15, 0.2) is 65.0 Å². The van der Waals surface area contributed by atoms with Crippen LogP contribution in [0.2, 0.25) is 0 Å². The number of nitrogens with one attached hydrogen (secondary N) is 2. The van der Waals surface area contributed by atoms with Gasteiger partial charge in [0, 0.05) is 17.0 Å². The van der Waals surface area contributed by atoms with Crippen molar-refractivity contribution >= 4 is 46.1 Å². The monoisotopic (exact) mass is 488 g/mol. The van der Waals surface area contributed by atoms with Gasteiger partial charge in [0.25, 0.3) is 5.91 Å². The summed E-state index contributed by atoms with van der Waals surface area (Å²) >= 11 is 1.36. The van der Waals surface area contributed by atoms with Crippen molar-refractivity contribution in [2.75, 3.05) is 10.2 Å². The van der Waals surface area contributed by atoms with Crippen LogP contribution < -0.4 is 15.5 Å². The number of carbonyl (C=O) groups is 3. The zero-order valence-electron chi connectivity index (χ0n) is 20.2. The number of para-hydroxylation sites is 1. The van der Waals surface area contributed by atoms with Gasteiger partial charge in [-0.15, -0.1) is 11.3 Å². The van der Waals surface area contributed by atoms with E-state index in [1.807, 2.05) is 74.7 Å². The maximum atomic E-state index is 13.8. The maximum Gasteiger partial charge on any atom is 0.321 e. The van der Waals surface area contributed by atoms with Crippen molar-refractivity contribution < 1.29 is 14.4 Å². The first-order chi connectivity index (χ1) is 16.7. The van der Waals surface area contributed by atoms with E-state index < -0.39 is 12.2 Å². The molecule has 3 aromatic rings. The van der Waals surface area contributed by atoms with Gasteiger partial charge in [-0.3, -0.25) is 14.6 Å². The lowest BCUT2D eigenvalue weighted by molar-refractivity contribution is -0.120. The molecular formula is C27H28N4O3S. The van der Waals surface area contributed by atoms with Crippen molar-refractivity contribution in [3.05, 3.63) is 81.5 Å². The van der Waals surface area contributed by atoms with E-state index in [-0.39, 0.29) is 24.2 Å². The predicted octanol–water partition coefficient (Wildman–Crippen LogP) is 5.40.